The van der Waals surface area contributed by atoms with Gasteiger partial charge in [-0.2, -0.15) is 0 Å². The number of hydrogen-bond acceptors (Lipinski definition) is 6. The summed E-state index contributed by atoms with van der Waals surface area (Å²) in [7, 11) is 2.94. The number of allylic oxidation sites excluding steroid dienone is 3. The summed E-state index contributed by atoms with van der Waals surface area (Å²) in [6, 6.07) is 15.5. The molecule has 0 saturated heterocycles. The average molecular weight is 462 g/mol. The van der Waals surface area contributed by atoms with Gasteiger partial charge in [0.2, 0.25) is 0 Å². The van der Waals surface area contributed by atoms with Gasteiger partial charge in [0.15, 0.2) is 17.3 Å². The number of nitrogens with one attached hydrogen (secondary N) is 1. The summed E-state index contributed by atoms with van der Waals surface area (Å²) in [5, 5.41) is 3.33. The monoisotopic (exact) mass is 461 g/mol. The van der Waals surface area contributed by atoms with Crippen LogP contribution < -0.4 is 14.8 Å². The Morgan fingerprint density at radius 1 is 1.06 bits per heavy atom. The maximum atomic E-state index is 13.3. The third-order valence-corrected chi connectivity index (χ3v) is 6.40. The van der Waals surface area contributed by atoms with E-state index in [0.717, 1.165) is 23.2 Å². The predicted molar refractivity (Wildman–Crippen MR) is 129 cm³/mol. The Labute approximate surface area is 200 Å². The Hall–Kier alpha value is -3.54. The maximum absolute atomic E-state index is 13.3. The zero-order chi connectivity index (χ0) is 24.5. The van der Waals surface area contributed by atoms with Crippen LogP contribution in [0.2, 0.25) is 0 Å². The zero-order valence-electron chi connectivity index (χ0n) is 20.4. The van der Waals surface area contributed by atoms with E-state index in [1.54, 1.807) is 7.11 Å². The van der Waals surface area contributed by atoms with E-state index in [4.69, 9.17) is 14.2 Å². The highest BCUT2D eigenvalue weighted by Gasteiger charge is 2.43. The SMILES string of the molecule is COC(=O)C1=C(C)NC2=C(C(=O)CC(C)(C)C2)[C@H]1c1ccc(OCc2ccccc2)c(OC)c1. The first-order valence-corrected chi connectivity index (χ1v) is 11.4. The fourth-order valence-corrected chi connectivity index (χ4v) is 4.87. The Balaban J connectivity index is 1.75. The molecule has 0 radical (unpaired) electrons. The second kappa shape index (κ2) is 9.37. The van der Waals surface area contributed by atoms with E-state index in [0.29, 0.717) is 41.4 Å². The van der Waals surface area contributed by atoms with Crippen molar-refractivity contribution in [1.82, 2.24) is 5.32 Å². The van der Waals surface area contributed by atoms with Crippen molar-refractivity contribution in [3.63, 3.8) is 0 Å². The molecule has 4 rings (SSSR count). The number of Topliss-reactive ketones (excluding diaryl/α,β-unsaturated/α-hetero) is 1. The summed E-state index contributed by atoms with van der Waals surface area (Å²) in [6.07, 6.45) is 1.15. The van der Waals surface area contributed by atoms with Crippen molar-refractivity contribution in [2.75, 3.05) is 14.2 Å². The molecule has 1 N–H and O–H groups in total. The summed E-state index contributed by atoms with van der Waals surface area (Å²) in [4.78, 5) is 26.2. The molecule has 1 atom stereocenters. The number of rotatable bonds is 6. The van der Waals surface area contributed by atoms with E-state index in [1.165, 1.54) is 7.11 Å². The van der Waals surface area contributed by atoms with E-state index >= 15 is 0 Å². The quantitative estimate of drug-likeness (QED) is 0.607. The van der Waals surface area contributed by atoms with Crippen LogP contribution in [0, 0.1) is 5.41 Å². The van der Waals surface area contributed by atoms with Gasteiger partial charge in [-0.05, 0) is 42.0 Å². The molecular weight excluding hydrogens is 430 g/mol. The molecule has 6 nitrogen and oxygen atoms in total. The first-order chi connectivity index (χ1) is 16.2. The van der Waals surface area contributed by atoms with E-state index in [9.17, 15) is 9.59 Å². The summed E-state index contributed by atoms with van der Waals surface area (Å²) in [5.41, 5.74) is 4.32. The Morgan fingerprint density at radius 3 is 2.47 bits per heavy atom. The van der Waals surface area contributed by atoms with Crippen LogP contribution in [0.5, 0.6) is 11.5 Å². The van der Waals surface area contributed by atoms with Crippen molar-refractivity contribution < 1.29 is 23.8 Å². The number of ketones is 1. The molecule has 1 aliphatic heterocycles. The van der Waals surface area contributed by atoms with Crippen LogP contribution >= 0.6 is 0 Å². The first-order valence-electron chi connectivity index (χ1n) is 11.4. The van der Waals surface area contributed by atoms with Crippen molar-refractivity contribution in [3.05, 3.63) is 82.2 Å². The summed E-state index contributed by atoms with van der Waals surface area (Å²) in [6.45, 7) is 6.42. The number of dihydropyridines is 1. The molecule has 0 amide bonds. The average Bonchev–Trinajstić information content (AvgIpc) is 2.81. The van der Waals surface area contributed by atoms with Gasteiger partial charge in [0.1, 0.15) is 6.61 Å². The van der Waals surface area contributed by atoms with Crippen LogP contribution in [0.4, 0.5) is 0 Å². The number of esters is 1. The standard InChI is InChI=1S/C28H31NO5/c1-17-24(27(31)33-5)25(26-20(29-17)14-28(2,3)15-21(26)30)19-11-12-22(23(13-19)32-4)34-16-18-9-7-6-8-10-18/h6-13,25,29H,14-16H2,1-5H3/t25-/m0/s1. The van der Waals surface area contributed by atoms with Crippen LogP contribution in [0.1, 0.15) is 50.7 Å². The number of methoxy groups -OCH3 is 2. The van der Waals surface area contributed by atoms with Crippen LogP contribution in [0.15, 0.2) is 71.1 Å². The molecular formula is C28H31NO5. The Bertz CT molecular complexity index is 1180. The van der Waals surface area contributed by atoms with Crippen molar-refractivity contribution in [3.8, 4) is 11.5 Å². The minimum Gasteiger partial charge on any atom is -0.493 e. The number of ether oxygens (including phenoxy) is 3. The molecule has 0 unspecified atom stereocenters. The van der Waals surface area contributed by atoms with Crippen molar-refractivity contribution >= 4 is 11.8 Å². The molecule has 0 aromatic heterocycles. The Morgan fingerprint density at radius 2 is 1.79 bits per heavy atom. The molecule has 178 valence electrons. The summed E-state index contributed by atoms with van der Waals surface area (Å²) < 4.78 is 16.8. The molecule has 34 heavy (non-hydrogen) atoms. The van der Waals surface area contributed by atoms with E-state index in [1.807, 2.05) is 55.5 Å². The van der Waals surface area contributed by atoms with Crippen LogP contribution in [0.3, 0.4) is 0 Å². The normalized spacial score (nSPS) is 19.3. The lowest BCUT2D eigenvalue weighted by Gasteiger charge is -2.39. The van der Waals surface area contributed by atoms with E-state index in [2.05, 4.69) is 19.2 Å². The van der Waals surface area contributed by atoms with Gasteiger partial charge in [-0.15, -0.1) is 0 Å². The molecule has 6 heteroatoms. The highest BCUT2D eigenvalue weighted by molar-refractivity contribution is 6.04. The largest absolute Gasteiger partial charge is 0.493 e. The molecule has 0 saturated carbocycles. The van der Waals surface area contributed by atoms with Crippen molar-refractivity contribution in [2.24, 2.45) is 5.41 Å². The van der Waals surface area contributed by atoms with Crippen LogP contribution in [-0.4, -0.2) is 26.0 Å². The fourth-order valence-electron chi connectivity index (χ4n) is 4.87. The van der Waals surface area contributed by atoms with Crippen molar-refractivity contribution in [1.29, 1.82) is 0 Å². The lowest BCUT2D eigenvalue weighted by Crippen LogP contribution is -2.38. The first kappa shape index (κ1) is 23.6. The molecule has 0 spiro atoms. The summed E-state index contributed by atoms with van der Waals surface area (Å²) in [5.74, 6) is 0.183. The van der Waals surface area contributed by atoms with E-state index in [-0.39, 0.29) is 11.2 Å². The third kappa shape index (κ3) is 4.58. The van der Waals surface area contributed by atoms with Gasteiger partial charge in [-0.25, -0.2) is 4.79 Å². The second-order valence-electron chi connectivity index (χ2n) is 9.61. The summed E-state index contributed by atoms with van der Waals surface area (Å²) >= 11 is 0. The minimum atomic E-state index is -0.538. The highest BCUT2D eigenvalue weighted by Crippen LogP contribution is 2.47. The maximum Gasteiger partial charge on any atom is 0.336 e. The van der Waals surface area contributed by atoms with Gasteiger partial charge in [-0.1, -0.05) is 50.2 Å². The number of carbonyl (C=O) groups excluding carboxylic acids is 2. The number of hydrogen-bond donors (Lipinski definition) is 1. The molecule has 2 aliphatic rings. The third-order valence-electron chi connectivity index (χ3n) is 6.40. The molecule has 1 heterocycles. The highest BCUT2D eigenvalue weighted by atomic mass is 16.5. The number of benzene rings is 2. The van der Waals surface area contributed by atoms with Gasteiger partial charge in [0.25, 0.3) is 0 Å². The van der Waals surface area contributed by atoms with Crippen LogP contribution in [-0.2, 0) is 20.9 Å². The predicted octanol–water partition coefficient (Wildman–Crippen LogP) is 5.05. The second-order valence-corrected chi connectivity index (χ2v) is 9.61. The van der Waals surface area contributed by atoms with Gasteiger partial charge in [0, 0.05) is 29.3 Å². The number of carbonyl (C=O) groups is 2. The van der Waals surface area contributed by atoms with E-state index < -0.39 is 11.9 Å². The Kier molecular flexibility index (Phi) is 6.51. The molecule has 2 aromatic rings. The van der Waals surface area contributed by atoms with Gasteiger partial charge in [-0.3, -0.25) is 4.79 Å². The molecule has 0 bridgehead atoms. The minimum absolute atomic E-state index is 0.0426. The fraction of sp³-hybridized carbons (Fsp3) is 0.357. The van der Waals surface area contributed by atoms with Gasteiger partial charge < -0.3 is 19.5 Å². The zero-order valence-corrected chi connectivity index (χ0v) is 20.4. The topological polar surface area (TPSA) is 73.9 Å². The van der Waals surface area contributed by atoms with Crippen molar-refractivity contribution in [2.45, 2.75) is 46.1 Å². The molecule has 0 fully saturated rings. The lowest BCUT2D eigenvalue weighted by atomic mass is 9.68. The lowest BCUT2D eigenvalue weighted by molar-refractivity contribution is -0.136. The molecule has 2 aromatic carbocycles. The molecule has 1 aliphatic carbocycles. The van der Waals surface area contributed by atoms with Crippen LogP contribution in [0.25, 0.3) is 0 Å². The van der Waals surface area contributed by atoms with Gasteiger partial charge >= 0.3 is 5.97 Å². The smallest absolute Gasteiger partial charge is 0.336 e. The van der Waals surface area contributed by atoms with Gasteiger partial charge in [0.05, 0.1) is 19.8 Å².